The molecule has 2 heterocycles. The van der Waals surface area contributed by atoms with Crippen molar-refractivity contribution in [3.05, 3.63) is 22.2 Å². The Morgan fingerprint density at radius 2 is 1.90 bits per heavy atom. The molecule has 1 aromatic carbocycles. The maximum atomic E-state index is 5.83. The first-order chi connectivity index (χ1) is 10.2. The number of rotatable bonds is 3. The van der Waals surface area contributed by atoms with Crippen LogP contribution in [0.5, 0.6) is 11.5 Å². The zero-order valence-electron chi connectivity index (χ0n) is 12.1. The van der Waals surface area contributed by atoms with E-state index in [2.05, 4.69) is 44.8 Å². The molecule has 2 aliphatic rings. The summed E-state index contributed by atoms with van der Waals surface area (Å²) < 4.78 is 18.4. The van der Waals surface area contributed by atoms with Crippen molar-refractivity contribution in [2.24, 2.45) is 5.92 Å². The summed E-state index contributed by atoms with van der Waals surface area (Å²) in [7, 11) is 0. The largest absolute Gasteiger partial charge is 0.490 e. The van der Waals surface area contributed by atoms with Gasteiger partial charge >= 0.3 is 0 Å². The number of alkyl halides is 1. The number of hydrogen-bond donors (Lipinski definition) is 0. The Bertz CT molecular complexity index is 507. The van der Waals surface area contributed by atoms with Gasteiger partial charge in [0.1, 0.15) is 0 Å². The van der Waals surface area contributed by atoms with Gasteiger partial charge in [-0.25, -0.2) is 0 Å². The second-order valence-electron chi connectivity index (χ2n) is 5.54. The molecule has 0 saturated carbocycles. The minimum absolute atomic E-state index is 0.261. The van der Waals surface area contributed by atoms with Gasteiger partial charge in [0.15, 0.2) is 11.5 Å². The lowest BCUT2D eigenvalue weighted by atomic mass is 9.91. The van der Waals surface area contributed by atoms with Crippen LogP contribution in [-0.4, -0.2) is 25.9 Å². The lowest BCUT2D eigenvalue weighted by Crippen LogP contribution is -2.19. The molecule has 5 heteroatoms. The van der Waals surface area contributed by atoms with Crippen molar-refractivity contribution in [3.63, 3.8) is 0 Å². The Morgan fingerprint density at radius 3 is 2.62 bits per heavy atom. The summed E-state index contributed by atoms with van der Waals surface area (Å²) in [5.41, 5.74) is 1.22. The predicted octanol–water partition coefficient (Wildman–Crippen LogP) is 4.86. The van der Waals surface area contributed by atoms with Crippen molar-refractivity contribution < 1.29 is 14.2 Å². The minimum Gasteiger partial charge on any atom is -0.490 e. The third-order valence-electron chi connectivity index (χ3n) is 4.20. The molecule has 0 spiro atoms. The molecule has 3 nitrogen and oxygen atoms in total. The van der Waals surface area contributed by atoms with E-state index < -0.39 is 0 Å². The van der Waals surface area contributed by atoms with Gasteiger partial charge in [0.05, 0.1) is 19.3 Å². The topological polar surface area (TPSA) is 27.7 Å². The van der Waals surface area contributed by atoms with Crippen LogP contribution < -0.4 is 9.47 Å². The molecule has 0 aromatic heterocycles. The third kappa shape index (κ3) is 3.25. The highest BCUT2D eigenvalue weighted by Crippen LogP contribution is 2.46. The second kappa shape index (κ2) is 6.88. The van der Waals surface area contributed by atoms with Gasteiger partial charge in [-0.15, -0.1) is 0 Å². The van der Waals surface area contributed by atoms with Crippen LogP contribution in [0, 0.1) is 5.92 Å². The van der Waals surface area contributed by atoms with E-state index in [1.54, 1.807) is 0 Å². The average molecular weight is 420 g/mol. The van der Waals surface area contributed by atoms with Gasteiger partial charge in [-0.3, -0.25) is 0 Å². The van der Waals surface area contributed by atoms with E-state index in [0.29, 0.717) is 25.2 Å². The highest BCUT2D eigenvalue weighted by molar-refractivity contribution is 9.11. The lowest BCUT2D eigenvalue weighted by molar-refractivity contribution is 0.0872. The van der Waals surface area contributed by atoms with E-state index in [4.69, 9.17) is 14.2 Å². The zero-order valence-corrected chi connectivity index (χ0v) is 15.3. The Morgan fingerprint density at radius 1 is 1.19 bits per heavy atom. The summed E-state index contributed by atoms with van der Waals surface area (Å²) in [4.78, 5) is 0.261. The highest BCUT2D eigenvalue weighted by atomic mass is 79.9. The first-order valence-corrected chi connectivity index (χ1v) is 9.26. The van der Waals surface area contributed by atoms with Crippen LogP contribution in [-0.2, 0) is 4.74 Å². The van der Waals surface area contributed by atoms with Gasteiger partial charge < -0.3 is 14.2 Å². The number of benzene rings is 1. The number of hydrogen-bond acceptors (Lipinski definition) is 3. The summed E-state index contributed by atoms with van der Waals surface area (Å²) in [6, 6.07) is 4.14. The normalized spacial score (nSPS) is 26.4. The molecule has 1 aromatic rings. The monoisotopic (exact) mass is 418 g/mol. The summed E-state index contributed by atoms with van der Waals surface area (Å²) in [6.07, 6.45) is 3.40. The summed E-state index contributed by atoms with van der Waals surface area (Å²) in [5.74, 6) is 2.18. The Hall–Kier alpha value is -0.260. The van der Waals surface area contributed by atoms with Gasteiger partial charge in [0.25, 0.3) is 0 Å². The van der Waals surface area contributed by atoms with Crippen molar-refractivity contribution in [3.8, 4) is 11.5 Å². The van der Waals surface area contributed by atoms with Crippen LogP contribution in [0.4, 0.5) is 0 Å². The minimum atomic E-state index is 0.261. The molecule has 0 amide bonds. The molecule has 0 N–H and O–H groups in total. The molecule has 2 aliphatic heterocycles. The lowest BCUT2D eigenvalue weighted by Gasteiger charge is -2.24. The fourth-order valence-electron chi connectivity index (χ4n) is 3.06. The zero-order chi connectivity index (χ0) is 14.8. The molecule has 1 fully saturated rings. The molecule has 0 radical (unpaired) electrons. The van der Waals surface area contributed by atoms with E-state index in [1.807, 2.05) is 6.07 Å². The van der Waals surface area contributed by atoms with E-state index in [9.17, 15) is 0 Å². The van der Waals surface area contributed by atoms with Gasteiger partial charge in [0.2, 0.25) is 0 Å². The predicted molar refractivity (Wildman–Crippen MR) is 89.6 cm³/mol. The van der Waals surface area contributed by atoms with Gasteiger partial charge in [-0.1, -0.05) is 38.8 Å². The number of ether oxygens (including phenoxy) is 3. The Labute approximate surface area is 142 Å². The van der Waals surface area contributed by atoms with Gasteiger partial charge in [0, 0.05) is 28.2 Å². The fraction of sp³-hybridized carbons (Fsp3) is 0.625. The van der Waals surface area contributed by atoms with Crippen LogP contribution >= 0.6 is 31.9 Å². The molecule has 116 valence electrons. The first kappa shape index (κ1) is 15.6. The summed E-state index contributed by atoms with van der Waals surface area (Å²) in [6.45, 7) is 4.47. The summed E-state index contributed by atoms with van der Waals surface area (Å²) >= 11 is 7.57. The molecular weight excluding hydrogens is 400 g/mol. The summed E-state index contributed by atoms with van der Waals surface area (Å²) in [5, 5.41) is 0. The molecule has 0 aliphatic carbocycles. The smallest absolute Gasteiger partial charge is 0.162 e. The van der Waals surface area contributed by atoms with Crippen molar-refractivity contribution in [2.45, 2.75) is 37.1 Å². The second-order valence-corrected chi connectivity index (χ2v) is 7.38. The molecule has 3 atom stereocenters. The van der Waals surface area contributed by atoms with Crippen molar-refractivity contribution in [1.29, 1.82) is 0 Å². The van der Waals surface area contributed by atoms with Crippen LogP contribution in [0.3, 0.4) is 0 Å². The van der Waals surface area contributed by atoms with Crippen LogP contribution in [0.25, 0.3) is 0 Å². The van der Waals surface area contributed by atoms with Crippen molar-refractivity contribution in [2.75, 3.05) is 19.8 Å². The Kier molecular flexibility index (Phi) is 5.12. The average Bonchev–Trinajstić information content (AvgIpc) is 2.85. The van der Waals surface area contributed by atoms with Crippen molar-refractivity contribution >= 4 is 31.9 Å². The van der Waals surface area contributed by atoms with E-state index >= 15 is 0 Å². The van der Waals surface area contributed by atoms with E-state index in [-0.39, 0.29) is 4.83 Å². The van der Waals surface area contributed by atoms with Gasteiger partial charge in [-0.2, -0.15) is 0 Å². The number of fused-ring (bicyclic) bond motifs is 1. The third-order valence-corrected chi connectivity index (χ3v) is 6.06. The van der Waals surface area contributed by atoms with Crippen LogP contribution in [0.15, 0.2) is 16.6 Å². The molecule has 1 saturated heterocycles. The molecule has 0 bridgehead atoms. The molecule has 3 rings (SSSR count). The van der Waals surface area contributed by atoms with Crippen LogP contribution in [0.1, 0.15) is 36.6 Å². The van der Waals surface area contributed by atoms with Crippen LogP contribution in [0.2, 0.25) is 0 Å². The number of halogens is 2. The van der Waals surface area contributed by atoms with E-state index in [1.165, 1.54) is 5.56 Å². The first-order valence-electron chi connectivity index (χ1n) is 7.55. The standard InChI is InChI=1S/C16H20Br2O3/c1-2-13-10(4-7-21-13)16(18)11-8-14-15(9-12(11)17)20-6-3-5-19-14/h8-10,13,16H,2-7H2,1H3. The molecule has 3 unspecified atom stereocenters. The van der Waals surface area contributed by atoms with Gasteiger partial charge in [-0.05, 0) is 30.5 Å². The quantitative estimate of drug-likeness (QED) is 0.654. The highest BCUT2D eigenvalue weighted by Gasteiger charge is 2.34. The van der Waals surface area contributed by atoms with Crippen molar-refractivity contribution in [1.82, 2.24) is 0 Å². The molecule has 21 heavy (non-hydrogen) atoms. The maximum absolute atomic E-state index is 5.83. The van der Waals surface area contributed by atoms with E-state index in [0.717, 1.165) is 41.8 Å². The maximum Gasteiger partial charge on any atom is 0.162 e. The SMILES string of the molecule is CCC1OCCC1C(Br)c1cc2c(cc1Br)OCCCO2. The Balaban J connectivity index is 1.89. The fourth-order valence-corrected chi connectivity index (χ4v) is 4.92. The molecular formula is C16H20Br2O3.